The molecule has 2 aliphatic heterocycles. The van der Waals surface area contributed by atoms with Crippen LogP contribution >= 0.6 is 0 Å². The molecular formula is C18H26N2O3S. The van der Waals surface area contributed by atoms with E-state index in [1.807, 2.05) is 11.8 Å². The van der Waals surface area contributed by atoms with Crippen molar-refractivity contribution in [2.45, 2.75) is 56.4 Å². The average Bonchev–Trinajstić information content (AvgIpc) is 2.91. The lowest BCUT2D eigenvalue weighted by Crippen LogP contribution is -2.48. The van der Waals surface area contributed by atoms with E-state index in [9.17, 15) is 13.2 Å². The Labute approximate surface area is 144 Å². The molecule has 0 saturated carbocycles. The van der Waals surface area contributed by atoms with Crippen LogP contribution in [0.15, 0.2) is 29.2 Å². The fraction of sp³-hybridized carbons (Fsp3) is 0.611. The highest BCUT2D eigenvalue weighted by Gasteiger charge is 2.41. The molecule has 0 aromatic heterocycles. The van der Waals surface area contributed by atoms with E-state index in [1.54, 1.807) is 24.3 Å². The number of benzene rings is 1. The minimum absolute atomic E-state index is 0.00918. The Morgan fingerprint density at radius 2 is 1.58 bits per heavy atom. The van der Waals surface area contributed by atoms with Gasteiger partial charge >= 0.3 is 0 Å². The molecule has 2 heterocycles. The van der Waals surface area contributed by atoms with E-state index in [0.29, 0.717) is 13.0 Å². The van der Waals surface area contributed by atoms with Crippen LogP contribution in [0.2, 0.25) is 0 Å². The van der Waals surface area contributed by atoms with E-state index in [4.69, 9.17) is 0 Å². The Morgan fingerprint density at radius 3 is 2.21 bits per heavy atom. The van der Waals surface area contributed by atoms with Crippen molar-refractivity contribution in [1.82, 2.24) is 9.21 Å². The van der Waals surface area contributed by atoms with Crippen LogP contribution < -0.4 is 0 Å². The van der Waals surface area contributed by atoms with Crippen molar-refractivity contribution in [2.24, 2.45) is 0 Å². The molecule has 6 heteroatoms. The van der Waals surface area contributed by atoms with Gasteiger partial charge in [0.05, 0.1) is 4.90 Å². The highest BCUT2D eigenvalue weighted by atomic mass is 32.2. The summed E-state index contributed by atoms with van der Waals surface area (Å²) in [5.74, 6) is -0.00918. The van der Waals surface area contributed by atoms with Gasteiger partial charge < -0.3 is 4.90 Å². The molecule has 3 rings (SSSR count). The van der Waals surface area contributed by atoms with Crippen molar-refractivity contribution in [2.75, 3.05) is 19.6 Å². The fourth-order valence-corrected chi connectivity index (χ4v) is 5.27. The molecule has 0 spiro atoms. The molecule has 0 bridgehead atoms. The van der Waals surface area contributed by atoms with Gasteiger partial charge in [0.2, 0.25) is 15.9 Å². The first-order valence-corrected chi connectivity index (χ1v) is 10.3. The molecule has 5 nitrogen and oxygen atoms in total. The number of nitrogens with zero attached hydrogens (tertiary/aromatic N) is 2. The minimum Gasteiger partial charge on any atom is -0.341 e. The Kier molecular flexibility index (Phi) is 5.25. The lowest BCUT2D eigenvalue weighted by Gasteiger charge is -2.29. The predicted molar refractivity (Wildman–Crippen MR) is 93.1 cm³/mol. The molecule has 1 aromatic carbocycles. The highest BCUT2D eigenvalue weighted by molar-refractivity contribution is 7.89. The van der Waals surface area contributed by atoms with Gasteiger partial charge in [0, 0.05) is 19.6 Å². The first-order valence-electron chi connectivity index (χ1n) is 8.87. The zero-order valence-corrected chi connectivity index (χ0v) is 15.1. The van der Waals surface area contributed by atoms with Gasteiger partial charge in [-0.1, -0.05) is 30.5 Å². The van der Waals surface area contributed by atoms with Crippen molar-refractivity contribution >= 4 is 15.9 Å². The summed E-state index contributed by atoms with van der Waals surface area (Å²) in [4.78, 5) is 15.1. The van der Waals surface area contributed by atoms with Crippen molar-refractivity contribution < 1.29 is 13.2 Å². The molecule has 2 aliphatic rings. The lowest BCUT2D eigenvalue weighted by atomic mass is 10.2. The number of amides is 1. The Bertz CT molecular complexity index is 677. The second-order valence-corrected chi connectivity index (χ2v) is 8.72. The standard InChI is InChI=1S/C18H26N2O3S/c1-15-8-10-16(11-9-15)24(22,23)20-14-6-7-17(20)18(21)19-12-4-2-3-5-13-19/h8-11,17H,2-7,12-14H2,1H3/t17-/m0/s1. The largest absolute Gasteiger partial charge is 0.341 e. The zero-order valence-electron chi connectivity index (χ0n) is 14.3. The molecule has 2 fully saturated rings. The molecule has 1 aromatic rings. The first kappa shape index (κ1) is 17.4. The molecule has 0 N–H and O–H groups in total. The smallest absolute Gasteiger partial charge is 0.243 e. The van der Waals surface area contributed by atoms with Crippen molar-refractivity contribution in [3.8, 4) is 0 Å². The van der Waals surface area contributed by atoms with E-state index < -0.39 is 16.1 Å². The predicted octanol–water partition coefficient (Wildman–Crippen LogP) is 2.55. The second kappa shape index (κ2) is 7.23. The van der Waals surface area contributed by atoms with Gasteiger partial charge in [-0.15, -0.1) is 0 Å². The summed E-state index contributed by atoms with van der Waals surface area (Å²) in [6.45, 7) is 3.87. The van der Waals surface area contributed by atoms with Crippen LogP contribution in [-0.2, 0) is 14.8 Å². The topological polar surface area (TPSA) is 57.7 Å². The van der Waals surface area contributed by atoms with Crippen LogP contribution in [0.25, 0.3) is 0 Å². The Morgan fingerprint density at radius 1 is 0.958 bits per heavy atom. The van der Waals surface area contributed by atoms with Gasteiger partial charge in [0.25, 0.3) is 0 Å². The van der Waals surface area contributed by atoms with Crippen LogP contribution in [-0.4, -0.2) is 49.2 Å². The summed E-state index contributed by atoms with van der Waals surface area (Å²) >= 11 is 0. The van der Waals surface area contributed by atoms with Gasteiger partial charge in [0.15, 0.2) is 0 Å². The summed E-state index contributed by atoms with van der Waals surface area (Å²) in [6.07, 6.45) is 5.71. The summed E-state index contributed by atoms with van der Waals surface area (Å²) in [5.41, 5.74) is 1.02. The number of carbonyl (C=O) groups excluding carboxylic acids is 1. The quantitative estimate of drug-likeness (QED) is 0.842. The maximum absolute atomic E-state index is 13.0. The van der Waals surface area contributed by atoms with Gasteiger partial charge in [-0.25, -0.2) is 8.42 Å². The molecule has 132 valence electrons. The monoisotopic (exact) mass is 350 g/mol. The van der Waals surface area contributed by atoms with Gasteiger partial charge in [-0.3, -0.25) is 4.79 Å². The minimum atomic E-state index is -3.61. The maximum Gasteiger partial charge on any atom is 0.243 e. The summed E-state index contributed by atoms with van der Waals surface area (Å²) in [6, 6.07) is 6.34. The van der Waals surface area contributed by atoms with Crippen molar-refractivity contribution in [3.05, 3.63) is 29.8 Å². The average molecular weight is 350 g/mol. The molecule has 0 radical (unpaired) electrons. The Balaban J connectivity index is 1.81. The van der Waals surface area contributed by atoms with E-state index in [1.165, 1.54) is 4.31 Å². The van der Waals surface area contributed by atoms with Crippen LogP contribution in [0.3, 0.4) is 0 Å². The molecule has 0 aliphatic carbocycles. The third-order valence-electron chi connectivity index (χ3n) is 5.03. The van der Waals surface area contributed by atoms with Crippen molar-refractivity contribution in [3.63, 3.8) is 0 Å². The number of sulfonamides is 1. The molecule has 1 amide bonds. The van der Waals surface area contributed by atoms with E-state index in [0.717, 1.165) is 50.8 Å². The third-order valence-corrected chi connectivity index (χ3v) is 6.96. The van der Waals surface area contributed by atoms with E-state index >= 15 is 0 Å². The van der Waals surface area contributed by atoms with Gasteiger partial charge in [-0.2, -0.15) is 4.31 Å². The summed E-state index contributed by atoms with van der Waals surface area (Å²) in [5, 5.41) is 0. The normalized spacial score (nSPS) is 23.2. The second-order valence-electron chi connectivity index (χ2n) is 6.83. The maximum atomic E-state index is 13.0. The SMILES string of the molecule is Cc1ccc(S(=O)(=O)N2CCC[C@H]2C(=O)N2CCCCCC2)cc1. The highest BCUT2D eigenvalue weighted by Crippen LogP contribution is 2.28. The van der Waals surface area contributed by atoms with Crippen LogP contribution in [0.1, 0.15) is 44.1 Å². The van der Waals surface area contributed by atoms with Crippen LogP contribution in [0, 0.1) is 6.92 Å². The van der Waals surface area contributed by atoms with Gasteiger partial charge in [0.1, 0.15) is 6.04 Å². The summed E-state index contributed by atoms with van der Waals surface area (Å²) in [7, 11) is -3.61. The zero-order chi connectivity index (χ0) is 17.2. The molecule has 1 atom stereocenters. The third kappa shape index (κ3) is 3.49. The van der Waals surface area contributed by atoms with Gasteiger partial charge in [-0.05, 0) is 44.7 Å². The summed E-state index contributed by atoms with van der Waals surface area (Å²) < 4.78 is 27.4. The number of carbonyl (C=O) groups is 1. The van der Waals surface area contributed by atoms with E-state index in [-0.39, 0.29) is 10.8 Å². The fourth-order valence-electron chi connectivity index (χ4n) is 3.62. The number of aryl methyl sites for hydroxylation is 1. The molecule has 2 saturated heterocycles. The van der Waals surface area contributed by atoms with Crippen molar-refractivity contribution in [1.29, 1.82) is 0 Å². The molecule has 24 heavy (non-hydrogen) atoms. The first-order chi connectivity index (χ1) is 11.5. The number of hydrogen-bond donors (Lipinski definition) is 0. The number of likely N-dealkylation sites (tertiary alicyclic amines) is 1. The number of hydrogen-bond acceptors (Lipinski definition) is 3. The lowest BCUT2D eigenvalue weighted by molar-refractivity contribution is -0.134. The molecular weight excluding hydrogens is 324 g/mol. The van der Waals surface area contributed by atoms with Crippen LogP contribution in [0.5, 0.6) is 0 Å². The van der Waals surface area contributed by atoms with Crippen LogP contribution in [0.4, 0.5) is 0 Å². The number of rotatable bonds is 3. The Hall–Kier alpha value is -1.40. The molecule has 0 unspecified atom stereocenters. The van der Waals surface area contributed by atoms with E-state index in [2.05, 4.69) is 0 Å².